The molecule has 0 aliphatic carbocycles. The largest absolute Gasteiger partial charge is 0.381 e. The fraction of sp³-hybridized carbons (Fsp3) is 0.944. The fourth-order valence-electron chi connectivity index (χ4n) is 4.33. The monoisotopic (exact) mass is 450 g/mol. The molecule has 0 saturated carbocycles. The van der Waals surface area contributed by atoms with Crippen LogP contribution in [0.1, 0.15) is 39.0 Å². The van der Waals surface area contributed by atoms with Gasteiger partial charge >= 0.3 is 0 Å². The van der Waals surface area contributed by atoms with Gasteiger partial charge in [-0.3, -0.25) is 4.99 Å². The molecular weight excluding hydrogens is 415 g/mol. The van der Waals surface area contributed by atoms with E-state index in [1.165, 1.54) is 51.7 Å². The molecule has 2 unspecified atom stereocenters. The first kappa shape index (κ1) is 20.2. The van der Waals surface area contributed by atoms with Crippen molar-refractivity contribution in [3.05, 3.63) is 0 Å². The topological polar surface area (TPSA) is 40.1 Å². The van der Waals surface area contributed by atoms with Crippen LogP contribution in [0.3, 0.4) is 0 Å². The number of halogens is 1. The highest BCUT2D eigenvalue weighted by molar-refractivity contribution is 14.0. The van der Waals surface area contributed by atoms with Gasteiger partial charge in [0.25, 0.3) is 0 Å². The van der Waals surface area contributed by atoms with Gasteiger partial charge in [0.15, 0.2) is 5.96 Å². The van der Waals surface area contributed by atoms with Gasteiger partial charge in [-0.25, -0.2) is 0 Å². The van der Waals surface area contributed by atoms with E-state index in [4.69, 9.17) is 4.74 Å². The summed E-state index contributed by atoms with van der Waals surface area (Å²) in [5.41, 5.74) is 0.400. The number of guanidine groups is 1. The van der Waals surface area contributed by atoms with Gasteiger partial charge in [0, 0.05) is 45.2 Å². The molecule has 140 valence electrons. The summed E-state index contributed by atoms with van der Waals surface area (Å²) >= 11 is 0. The van der Waals surface area contributed by atoms with Crippen LogP contribution in [0.15, 0.2) is 4.99 Å². The second-order valence-electron chi connectivity index (χ2n) is 7.87. The van der Waals surface area contributed by atoms with Crippen molar-refractivity contribution < 1.29 is 4.74 Å². The maximum atomic E-state index is 5.63. The van der Waals surface area contributed by atoms with Crippen molar-refractivity contribution in [1.82, 2.24) is 15.1 Å². The van der Waals surface area contributed by atoms with Crippen LogP contribution in [0.2, 0.25) is 0 Å². The minimum absolute atomic E-state index is 0. The maximum Gasteiger partial charge on any atom is 0.193 e. The molecule has 0 radical (unpaired) electrons. The smallest absolute Gasteiger partial charge is 0.193 e. The van der Waals surface area contributed by atoms with E-state index in [0.717, 1.165) is 38.8 Å². The second kappa shape index (κ2) is 9.57. The molecule has 0 aromatic carbocycles. The number of aliphatic imine (C=N–C) groups is 1. The Morgan fingerprint density at radius 3 is 2.67 bits per heavy atom. The lowest BCUT2D eigenvalue weighted by atomic mass is 9.87. The Morgan fingerprint density at radius 2 is 2.00 bits per heavy atom. The van der Waals surface area contributed by atoms with E-state index in [0.29, 0.717) is 11.3 Å². The number of likely N-dealkylation sites (tertiary alicyclic amines) is 2. The van der Waals surface area contributed by atoms with E-state index >= 15 is 0 Å². The predicted molar refractivity (Wildman–Crippen MR) is 110 cm³/mol. The predicted octanol–water partition coefficient (Wildman–Crippen LogP) is 2.41. The number of nitrogens with one attached hydrogen (secondary N) is 1. The fourth-order valence-corrected chi connectivity index (χ4v) is 4.33. The van der Waals surface area contributed by atoms with Crippen LogP contribution in [-0.2, 0) is 4.74 Å². The van der Waals surface area contributed by atoms with E-state index < -0.39 is 0 Å². The molecule has 6 heteroatoms. The molecule has 3 fully saturated rings. The SMILES string of the molecule is CN=C(NCC(C)CN1CCCCC1)N1CCC2(CCOC2)C1.I. The molecule has 0 aromatic heterocycles. The number of hydrogen-bond acceptors (Lipinski definition) is 3. The summed E-state index contributed by atoms with van der Waals surface area (Å²) in [7, 11) is 1.91. The van der Waals surface area contributed by atoms with Crippen LogP contribution >= 0.6 is 24.0 Å². The highest BCUT2D eigenvalue weighted by Crippen LogP contribution is 2.38. The van der Waals surface area contributed by atoms with Crippen LogP contribution in [0.5, 0.6) is 0 Å². The van der Waals surface area contributed by atoms with E-state index in [2.05, 4.69) is 27.0 Å². The van der Waals surface area contributed by atoms with Crippen LogP contribution in [-0.4, -0.2) is 75.3 Å². The Hall–Kier alpha value is -0.0800. The molecule has 2 atom stereocenters. The normalized spacial score (nSPS) is 29.8. The highest BCUT2D eigenvalue weighted by atomic mass is 127. The van der Waals surface area contributed by atoms with Crippen LogP contribution < -0.4 is 5.32 Å². The molecule has 0 bridgehead atoms. The first-order valence-electron chi connectivity index (χ1n) is 9.46. The Labute approximate surface area is 164 Å². The van der Waals surface area contributed by atoms with Crippen molar-refractivity contribution in [1.29, 1.82) is 0 Å². The molecule has 0 amide bonds. The van der Waals surface area contributed by atoms with Crippen molar-refractivity contribution in [2.24, 2.45) is 16.3 Å². The van der Waals surface area contributed by atoms with Gasteiger partial charge < -0.3 is 19.9 Å². The molecule has 1 spiro atoms. The minimum atomic E-state index is 0. The molecule has 5 nitrogen and oxygen atoms in total. The molecule has 3 aliphatic rings. The molecule has 3 rings (SSSR count). The number of nitrogens with zero attached hydrogens (tertiary/aromatic N) is 3. The molecule has 3 aliphatic heterocycles. The first-order valence-corrected chi connectivity index (χ1v) is 9.46. The Morgan fingerprint density at radius 1 is 1.21 bits per heavy atom. The Bertz CT molecular complexity index is 406. The van der Waals surface area contributed by atoms with Crippen LogP contribution in [0.25, 0.3) is 0 Å². The third-order valence-corrected chi connectivity index (χ3v) is 5.76. The maximum absolute atomic E-state index is 5.63. The van der Waals surface area contributed by atoms with E-state index in [1.807, 2.05) is 7.05 Å². The van der Waals surface area contributed by atoms with Gasteiger partial charge in [0.1, 0.15) is 0 Å². The molecule has 0 aromatic rings. The van der Waals surface area contributed by atoms with Crippen molar-refractivity contribution in [3.8, 4) is 0 Å². The lowest BCUT2D eigenvalue weighted by molar-refractivity contribution is 0.156. The standard InChI is InChI=1S/C18H34N4O.HI/c1-16(13-21-8-4-3-5-9-21)12-20-17(19-2)22-10-6-18(14-22)7-11-23-15-18;/h16H,3-15H2,1-2H3,(H,19,20);1H. The second-order valence-corrected chi connectivity index (χ2v) is 7.87. The molecule has 1 N–H and O–H groups in total. The number of ether oxygens (including phenoxy) is 1. The molecule has 3 heterocycles. The number of piperidine rings is 1. The quantitative estimate of drug-likeness (QED) is 0.406. The summed E-state index contributed by atoms with van der Waals surface area (Å²) in [5, 5.41) is 3.62. The molecule has 3 saturated heterocycles. The minimum Gasteiger partial charge on any atom is -0.381 e. The third-order valence-electron chi connectivity index (χ3n) is 5.76. The zero-order valence-electron chi connectivity index (χ0n) is 15.4. The Balaban J connectivity index is 0.00000208. The van der Waals surface area contributed by atoms with Crippen LogP contribution in [0.4, 0.5) is 0 Å². The Kier molecular flexibility index (Phi) is 8.07. The van der Waals surface area contributed by atoms with Gasteiger partial charge in [0.2, 0.25) is 0 Å². The third kappa shape index (κ3) is 5.21. The van der Waals surface area contributed by atoms with Gasteiger partial charge in [-0.15, -0.1) is 24.0 Å². The summed E-state index contributed by atoms with van der Waals surface area (Å²) < 4.78 is 5.63. The summed E-state index contributed by atoms with van der Waals surface area (Å²) in [5.74, 6) is 1.75. The van der Waals surface area contributed by atoms with E-state index in [9.17, 15) is 0 Å². The lowest BCUT2D eigenvalue weighted by Gasteiger charge is -2.30. The van der Waals surface area contributed by atoms with Crippen molar-refractivity contribution in [2.75, 3.05) is 59.5 Å². The highest BCUT2D eigenvalue weighted by Gasteiger charge is 2.42. The van der Waals surface area contributed by atoms with Crippen molar-refractivity contribution in [3.63, 3.8) is 0 Å². The van der Waals surface area contributed by atoms with Crippen molar-refractivity contribution in [2.45, 2.75) is 39.0 Å². The van der Waals surface area contributed by atoms with E-state index in [-0.39, 0.29) is 24.0 Å². The summed E-state index contributed by atoms with van der Waals surface area (Å²) in [6, 6.07) is 0. The van der Waals surface area contributed by atoms with Gasteiger partial charge in [-0.1, -0.05) is 13.3 Å². The van der Waals surface area contributed by atoms with E-state index in [1.54, 1.807) is 0 Å². The average Bonchev–Trinajstić information content (AvgIpc) is 3.20. The van der Waals surface area contributed by atoms with Crippen LogP contribution in [0, 0.1) is 11.3 Å². The molecule has 24 heavy (non-hydrogen) atoms. The average molecular weight is 450 g/mol. The van der Waals surface area contributed by atoms with Gasteiger partial charge in [0.05, 0.1) is 6.61 Å². The summed E-state index contributed by atoms with van der Waals surface area (Å²) in [6.07, 6.45) is 6.62. The molecular formula is C18H35IN4O. The van der Waals surface area contributed by atoms with Gasteiger partial charge in [-0.2, -0.15) is 0 Å². The lowest BCUT2D eigenvalue weighted by Crippen LogP contribution is -2.44. The van der Waals surface area contributed by atoms with Crippen molar-refractivity contribution >= 4 is 29.9 Å². The zero-order valence-corrected chi connectivity index (χ0v) is 17.8. The first-order chi connectivity index (χ1) is 11.2. The number of rotatable bonds is 4. The zero-order chi connectivity index (χ0) is 16.1. The van der Waals surface area contributed by atoms with Gasteiger partial charge in [-0.05, 0) is 44.7 Å². The summed E-state index contributed by atoms with van der Waals surface area (Å²) in [4.78, 5) is 9.58. The summed E-state index contributed by atoms with van der Waals surface area (Å²) in [6.45, 7) is 11.2. The number of hydrogen-bond donors (Lipinski definition) is 1.